The maximum atomic E-state index is 10.2. The van der Waals surface area contributed by atoms with Gasteiger partial charge in [0.25, 0.3) is 0 Å². The number of rotatable bonds is 2. The SMILES string of the molecule is CC(=O)C=C(Cl)SC#N. The van der Waals surface area contributed by atoms with E-state index in [1.807, 2.05) is 0 Å². The van der Waals surface area contributed by atoms with Crippen LogP contribution in [-0.2, 0) is 4.79 Å². The van der Waals surface area contributed by atoms with Crippen LogP contribution in [0.4, 0.5) is 0 Å². The molecular formula is C5H4ClNOS. The summed E-state index contributed by atoms with van der Waals surface area (Å²) in [5.41, 5.74) is 0. The van der Waals surface area contributed by atoms with Crippen LogP contribution in [0.3, 0.4) is 0 Å². The molecule has 9 heavy (non-hydrogen) atoms. The Balaban J connectivity index is 3.88. The first kappa shape index (κ1) is 8.54. The molecule has 0 heterocycles. The number of nitriles is 1. The normalized spacial score (nSPS) is 10.6. The molecule has 0 fully saturated rings. The fourth-order valence-corrected chi connectivity index (χ4v) is 0.802. The van der Waals surface area contributed by atoms with Gasteiger partial charge in [0.05, 0.1) is 4.36 Å². The van der Waals surface area contributed by atoms with Gasteiger partial charge < -0.3 is 0 Å². The molecule has 0 radical (unpaired) electrons. The van der Waals surface area contributed by atoms with Crippen LogP contribution < -0.4 is 0 Å². The second-order valence-corrected chi connectivity index (χ2v) is 2.71. The van der Waals surface area contributed by atoms with Crippen molar-refractivity contribution in [2.24, 2.45) is 0 Å². The fraction of sp³-hybridized carbons (Fsp3) is 0.200. The average Bonchev–Trinajstić information content (AvgIpc) is 1.63. The van der Waals surface area contributed by atoms with E-state index in [-0.39, 0.29) is 10.1 Å². The number of thiocyanates is 1. The van der Waals surface area contributed by atoms with E-state index in [4.69, 9.17) is 16.9 Å². The van der Waals surface area contributed by atoms with Gasteiger partial charge in [0, 0.05) is 17.8 Å². The number of halogens is 1. The summed E-state index contributed by atoms with van der Waals surface area (Å²) in [7, 11) is 0. The minimum Gasteiger partial charge on any atom is -0.295 e. The molecular weight excluding hydrogens is 158 g/mol. The second kappa shape index (κ2) is 4.42. The quantitative estimate of drug-likeness (QED) is 0.459. The molecule has 0 unspecified atom stereocenters. The molecule has 48 valence electrons. The van der Waals surface area contributed by atoms with Crippen LogP contribution in [0.15, 0.2) is 10.4 Å². The lowest BCUT2D eigenvalue weighted by Gasteiger charge is -1.82. The topological polar surface area (TPSA) is 40.9 Å². The third-order valence-corrected chi connectivity index (χ3v) is 1.20. The standard InChI is InChI=1S/C5H4ClNOS/c1-4(8)2-5(6)9-3-7/h2H,1H3. The highest BCUT2D eigenvalue weighted by atomic mass is 35.5. The highest BCUT2D eigenvalue weighted by Crippen LogP contribution is 2.17. The van der Waals surface area contributed by atoms with Gasteiger partial charge in [0.2, 0.25) is 0 Å². The number of hydrogen-bond acceptors (Lipinski definition) is 3. The molecule has 2 nitrogen and oxygen atoms in total. The predicted molar refractivity (Wildman–Crippen MR) is 37.8 cm³/mol. The monoisotopic (exact) mass is 161 g/mol. The molecule has 0 aromatic carbocycles. The van der Waals surface area contributed by atoms with Crippen molar-refractivity contribution < 1.29 is 4.79 Å². The Labute approximate surface area is 62.5 Å². The van der Waals surface area contributed by atoms with Crippen molar-refractivity contribution in [2.75, 3.05) is 0 Å². The number of hydrogen-bond donors (Lipinski definition) is 0. The van der Waals surface area contributed by atoms with Crippen molar-refractivity contribution in [3.05, 3.63) is 10.4 Å². The van der Waals surface area contributed by atoms with Crippen LogP contribution in [0.1, 0.15) is 6.92 Å². The molecule has 0 rings (SSSR count). The molecule has 0 aliphatic carbocycles. The average molecular weight is 162 g/mol. The first-order valence-corrected chi connectivity index (χ1v) is 3.30. The minimum atomic E-state index is -0.150. The van der Waals surface area contributed by atoms with Crippen molar-refractivity contribution in [1.82, 2.24) is 0 Å². The molecule has 0 saturated heterocycles. The summed E-state index contributed by atoms with van der Waals surface area (Å²) in [4.78, 5) is 10.2. The van der Waals surface area contributed by atoms with Gasteiger partial charge in [-0.2, -0.15) is 5.26 Å². The lowest BCUT2D eigenvalue weighted by Crippen LogP contribution is -1.79. The number of thioether (sulfide) groups is 1. The zero-order chi connectivity index (χ0) is 7.28. The Morgan fingerprint density at radius 3 is 2.78 bits per heavy atom. The molecule has 0 atom stereocenters. The summed E-state index contributed by atoms with van der Waals surface area (Å²) in [5, 5.41) is 9.76. The van der Waals surface area contributed by atoms with Gasteiger partial charge in [-0.3, -0.25) is 4.79 Å². The van der Waals surface area contributed by atoms with E-state index in [0.717, 1.165) is 11.8 Å². The van der Waals surface area contributed by atoms with Crippen molar-refractivity contribution in [1.29, 1.82) is 5.26 Å². The zero-order valence-corrected chi connectivity index (χ0v) is 6.29. The lowest BCUT2D eigenvalue weighted by atomic mass is 10.5. The van der Waals surface area contributed by atoms with Crippen molar-refractivity contribution in [3.8, 4) is 5.40 Å². The van der Waals surface area contributed by atoms with Crippen molar-refractivity contribution >= 4 is 29.1 Å². The molecule has 0 aliphatic heterocycles. The van der Waals surface area contributed by atoms with Crippen molar-refractivity contribution in [2.45, 2.75) is 6.92 Å². The van der Waals surface area contributed by atoms with E-state index in [0.29, 0.717) is 0 Å². The lowest BCUT2D eigenvalue weighted by molar-refractivity contribution is -0.112. The largest absolute Gasteiger partial charge is 0.295 e. The van der Waals surface area contributed by atoms with E-state index in [2.05, 4.69) is 0 Å². The van der Waals surface area contributed by atoms with E-state index >= 15 is 0 Å². The number of ketones is 1. The molecule has 4 heteroatoms. The van der Waals surface area contributed by atoms with Crippen LogP contribution in [0, 0.1) is 10.7 Å². The van der Waals surface area contributed by atoms with E-state index in [1.165, 1.54) is 13.0 Å². The van der Waals surface area contributed by atoms with Gasteiger partial charge in [-0.05, 0) is 6.92 Å². The van der Waals surface area contributed by atoms with Gasteiger partial charge in [-0.15, -0.1) is 0 Å². The molecule has 0 aliphatic rings. The minimum absolute atomic E-state index is 0.150. The molecule has 0 aromatic rings. The van der Waals surface area contributed by atoms with Gasteiger partial charge in [0.1, 0.15) is 5.40 Å². The Hall–Kier alpha value is -0.460. The molecule has 0 bridgehead atoms. The maximum absolute atomic E-state index is 10.2. The smallest absolute Gasteiger partial charge is 0.154 e. The number of carbonyl (C=O) groups excluding carboxylic acids is 1. The van der Waals surface area contributed by atoms with Crippen LogP contribution in [0.2, 0.25) is 0 Å². The van der Waals surface area contributed by atoms with Crippen LogP contribution in [0.5, 0.6) is 0 Å². The second-order valence-electron chi connectivity index (χ2n) is 1.25. The zero-order valence-electron chi connectivity index (χ0n) is 4.72. The Morgan fingerprint density at radius 1 is 1.89 bits per heavy atom. The van der Waals surface area contributed by atoms with Crippen LogP contribution >= 0.6 is 23.4 Å². The number of nitrogens with zero attached hydrogens (tertiary/aromatic N) is 1. The summed E-state index contributed by atoms with van der Waals surface area (Å²) >= 11 is 6.13. The third-order valence-electron chi connectivity index (χ3n) is 0.460. The van der Waals surface area contributed by atoms with Gasteiger partial charge in [0.15, 0.2) is 5.78 Å². The van der Waals surface area contributed by atoms with Crippen molar-refractivity contribution in [3.63, 3.8) is 0 Å². The first-order valence-electron chi connectivity index (χ1n) is 2.10. The van der Waals surface area contributed by atoms with Crippen LogP contribution in [0.25, 0.3) is 0 Å². The molecule has 0 amide bonds. The number of carbonyl (C=O) groups is 1. The van der Waals surface area contributed by atoms with Gasteiger partial charge in [-0.1, -0.05) is 11.6 Å². The fourth-order valence-electron chi connectivity index (χ4n) is 0.233. The molecule has 0 saturated carbocycles. The maximum Gasteiger partial charge on any atom is 0.154 e. The summed E-state index contributed by atoms with van der Waals surface area (Å²) in [5.74, 6) is -0.150. The highest BCUT2D eigenvalue weighted by molar-refractivity contribution is 8.08. The third kappa shape index (κ3) is 5.41. The summed E-state index contributed by atoms with van der Waals surface area (Å²) < 4.78 is 0.213. The van der Waals surface area contributed by atoms with E-state index < -0.39 is 0 Å². The Morgan fingerprint density at radius 2 is 2.44 bits per heavy atom. The molecule has 0 spiro atoms. The summed E-state index contributed by atoms with van der Waals surface area (Å²) in [6, 6.07) is 0. The van der Waals surface area contributed by atoms with E-state index in [1.54, 1.807) is 5.40 Å². The summed E-state index contributed by atoms with van der Waals surface area (Å²) in [6.07, 6.45) is 1.20. The predicted octanol–water partition coefficient (Wildman–Crippen LogP) is 1.87. The Kier molecular flexibility index (Phi) is 4.20. The Bertz CT molecular complexity index is 182. The van der Waals surface area contributed by atoms with Gasteiger partial charge >= 0.3 is 0 Å². The molecule has 0 aromatic heterocycles. The summed E-state index contributed by atoms with van der Waals surface area (Å²) in [6.45, 7) is 1.38. The van der Waals surface area contributed by atoms with E-state index in [9.17, 15) is 4.79 Å². The van der Waals surface area contributed by atoms with Gasteiger partial charge in [-0.25, -0.2) is 0 Å². The highest BCUT2D eigenvalue weighted by Gasteiger charge is 1.92. The molecule has 0 N–H and O–H groups in total. The van der Waals surface area contributed by atoms with Crippen LogP contribution in [-0.4, -0.2) is 5.78 Å². The first-order chi connectivity index (χ1) is 4.16. The number of allylic oxidation sites excluding steroid dienone is 1.